The van der Waals surface area contributed by atoms with Gasteiger partial charge in [0, 0.05) is 43.3 Å². The van der Waals surface area contributed by atoms with Crippen LogP contribution in [0.4, 0.5) is 8.78 Å². The standard InChI is InChI=1S/C20H20ClF2N3O2/c1-12-8-13(28-20(22)23)9-16(21)15(12)10-17-14-5-7-26(11-19(27)25(2)3)18(14)4-6-24-17/h4-9,20H,10-11H2,1-3H3. The zero-order valence-electron chi connectivity index (χ0n) is 15.7. The van der Waals surface area contributed by atoms with Gasteiger partial charge in [-0.25, -0.2) is 0 Å². The van der Waals surface area contributed by atoms with Crippen molar-refractivity contribution < 1.29 is 18.3 Å². The topological polar surface area (TPSA) is 47.4 Å². The Kier molecular flexibility index (Phi) is 5.84. The van der Waals surface area contributed by atoms with E-state index in [9.17, 15) is 13.6 Å². The number of amides is 1. The van der Waals surface area contributed by atoms with Gasteiger partial charge >= 0.3 is 6.61 Å². The number of aromatic nitrogens is 2. The number of hydrogen-bond acceptors (Lipinski definition) is 3. The molecule has 8 heteroatoms. The largest absolute Gasteiger partial charge is 0.435 e. The van der Waals surface area contributed by atoms with Crippen LogP contribution < -0.4 is 4.74 Å². The van der Waals surface area contributed by atoms with Crippen LogP contribution in [0.3, 0.4) is 0 Å². The van der Waals surface area contributed by atoms with Crippen LogP contribution in [0.1, 0.15) is 16.8 Å². The average Bonchev–Trinajstić information content (AvgIpc) is 3.01. The molecular weight excluding hydrogens is 388 g/mol. The number of rotatable bonds is 6. The molecule has 1 aromatic carbocycles. The Hall–Kier alpha value is -2.67. The number of ether oxygens (including phenoxy) is 1. The van der Waals surface area contributed by atoms with E-state index in [0.717, 1.165) is 27.7 Å². The van der Waals surface area contributed by atoms with Crippen molar-refractivity contribution in [1.29, 1.82) is 0 Å². The summed E-state index contributed by atoms with van der Waals surface area (Å²) in [6.45, 7) is -0.874. The van der Waals surface area contributed by atoms with E-state index in [1.165, 1.54) is 12.1 Å². The summed E-state index contributed by atoms with van der Waals surface area (Å²) in [5, 5.41) is 1.26. The van der Waals surface area contributed by atoms with Crippen LogP contribution in [0.2, 0.25) is 5.02 Å². The first kappa shape index (κ1) is 20.1. The van der Waals surface area contributed by atoms with Gasteiger partial charge in [-0.15, -0.1) is 0 Å². The Balaban J connectivity index is 1.93. The summed E-state index contributed by atoms with van der Waals surface area (Å²) in [7, 11) is 3.43. The number of fused-ring (bicyclic) bond motifs is 1. The number of alkyl halides is 2. The van der Waals surface area contributed by atoms with Gasteiger partial charge in [0.1, 0.15) is 12.3 Å². The van der Waals surface area contributed by atoms with Crippen molar-refractivity contribution in [3.05, 3.63) is 58.5 Å². The van der Waals surface area contributed by atoms with Gasteiger partial charge in [-0.1, -0.05) is 11.6 Å². The van der Waals surface area contributed by atoms with Crippen LogP contribution in [0.15, 0.2) is 36.7 Å². The van der Waals surface area contributed by atoms with Gasteiger partial charge in [-0.05, 0) is 42.3 Å². The smallest absolute Gasteiger partial charge is 0.387 e. The third-order valence-corrected chi connectivity index (χ3v) is 4.88. The van der Waals surface area contributed by atoms with Gasteiger partial charge in [-0.3, -0.25) is 9.78 Å². The Morgan fingerprint density at radius 1 is 1.32 bits per heavy atom. The lowest BCUT2D eigenvalue weighted by molar-refractivity contribution is -0.129. The van der Waals surface area contributed by atoms with Gasteiger partial charge < -0.3 is 14.2 Å². The molecule has 3 rings (SSSR count). The predicted molar refractivity (Wildman–Crippen MR) is 104 cm³/mol. The SMILES string of the molecule is Cc1cc(OC(F)F)cc(Cl)c1Cc1nccc2c1ccn2CC(=O)N(C)C. The van der Waals surface area contributed by atoms with E-state index < -0.39 is 6.61 Å². The van der Waals surface area contributed by atoms with E-state index in [0.29, 0.717) is 11.4 Å². The molecule has 2 aromatic heterocycles. The van der Waals surface area contributed by atoms with Crippen molar-refractivity contribution >= 4 is 28.4 Å². The Bertz CT molecular complexity index is 995. The summed E-state index contributed by atoms with van der Waals surface area (Å²) in [4.78, 5) is 18.0. The van der Waals surface area contributed by atoms with Crippen LogP contribution in [0, 0.1) is 6.92 Å². The van der Waals surface area contributed by atoms with Crippen molar-refractivity contribution in [2.45, 2.75) is 26.5 Å². The molecule has 0 unspecified atom stereocenters. The van der Waals surface area contributed by atoms with Crippen molar-refractivity contribution in [3.8, 4) is 5.75 Å². The molecule has 3 aromatic rings. The molecule has 0 saturated heterocycles. The van der Waals surface area contributed by atoms with Gasteiger partial charge in [0.25, 0.3) is 0 Å². The molecule has 0 atom stereocenters. The maximum absolute atomic E-state index is 12.4. The molecule has 2 heterocycles. The van der Waals surface area contributed by atoms with Gasteiger partial charge in [0.05, 0.1) is 11.2 Å². The number of benzene rings is 1. The van der Waals surface area contributed by atoms with Crippen LogP contribution in [0.25, 0.3) is 10.9 Å². The summed E-state index contributed by atoms with van der Waals surface area (Å²) in [5.41, 5.74) is 3.22. The van der Waals surface area contributed by atoms with E-state index in [-0.39, 0.29) is 18.2 Å². The second kappa shape index (κ2) is 8.14. The summed E-state index contributed by atoms with van der Waals surface area (Å²) >= 11 is 6.32. The highest BCUT2D eigenvalue weighted by Crippen LogP contribution is 2.30. The molecule has 148 valence electrons. The van der Waals surface area contributed by atoms with Crippen LogP contribution in [0.5, 0.6) is 5.75 Å². The second-order valence-corrected chi connectivity index (χ2v) is 7.09. The quantitative estimate of drug-likeness (QED) is 0.612. The minimum absolute atomic E-state index is 0.00984. The summed E-state index contributed by atoms with van der Waals surface area (Å²) < 4.78 is 31.2. The number of carbonyl (C=O) groups is 1. The molecule has 0 fully saturated rings. The Morgan fingerprint density at radius 3 is 2.71 bits per heavy atom. The number of nitrogens with zero attached hydrogens (tertiary/aromatic N) is 3. The molecule has 0 bridgehead atoms. The normalized spacial score (nSPS) is 11.2. The molecule has 0 aliphatic heterocycles. The fraction of sp³-hybridized carbons (Fsp3) is 0.300. The molecule has 1 amide bonds. The van der Waals surface area contributed by atoms with Gasteiger partial charge in [-0.2, -0.15) is 8.78 Å². The molecule has 0 aliphatic rings. The molecule has 0 aliphatic carbocycles. The first-order valence-corrected chi connectivity index (χ1v) is 9.00. The van der Waals surface area contributed by atoms with E-state index in [1.54, 1.807) is 32.1 Å². The third-order valence-electron chi connectivity index (χ3n) is 4.55. The maximum atomic E-state index is 12.4. The van der Waals surface area contributed by atoms with Crippen LogP contribution >= 0.6 is 11.6 Å². The minimum atomic E-state index is -2.90. The van der Waals surface area contributed by atoms with E-state index in [2.05, 4.69) is 9.72 Å². The zero-order valence-corrected chi connectivity index (χ0v) is 16.5. The maximum Gasteiger partial charge on any atom is 0.387 e. The first-order chi connectivity index (χ1) is 13.3. The molecule has 0 saturated carbocycles. The highest BCUT2D eigenvalue weighted by Gasteiger charge is 2.15. The number of pyridine rings is 1. The van der Waals surface area contributed by atoms with Crippen molar-refractivity contribution in [3.63, 3.8) is 0 Å². The summed E-state index contributed by atoms with van der Waals surface area (Å²) in [5.74, 6) is 0.0186. The zero-order chi connectivity index (χ0) is 20.4. The van der Waals surface area contributed by atoms with Crippen LogP contribution in [-0.2, 0) is 17.8 Å². The Labute approximate surface area is 166 Å². The lowest BCUT2D eigenvalue weighted by Gasteiger charge is -2.13. The number of aryl methyl sites for hydroxylation is 1. The number of hydrogen-bond donors (Lipinski definition) is 0. The summed E-state index contributed by atoms with van der Waals surface area (Å²) in [6, 6.07) is 6.69. The van der Waals surface area contributed by atoms with E-state index in [4.69, 9.17) is 11.6 Å². The molecule has 5 nitrogen and oxygen atoms in total. The highest BCUT2D eigenvalue weighted by atomic mass is 35.5. The number of halogens is 3. The van der Waals surface area contributed by atoms with Crippen LogP contribution in [-0.4, -0.2) is 41.1 Å². The highest BCUT2D eigenvalue weighted by molar-refractivity contribution is 6.31. The Morgan fingerprint density at radius 2 is 2.07 bits per heavy atom. The number of likely N-dealkylation sites (N-methyl/N-ethyl adjacent to an activating group) is 1. The fourth-order valence-corrected chi connectivity index (χ4v) is 3.38. The molecule has 0 spiro atoms. The van der Waals surface area contributed by atoms with Gasteiger partial charge in [0.2, 0.25) is 5.91 Å². The fourth-order valence-electron chi connectivity index (χ4n) is 3.05. The van der Waals surface area contributed by atoms with Crippen molar-refractivity contribution in [2.24, 2.45) is 0 Å². The predicted octanol–water partition coefficient (Wildman–Crippen LogP) is 4.28. The lowest BCUT2D eigenvalue weighted by Crippen LogP contribution is -2.25. The average molecular weight is 408 g/mol. The summed E-state index contributed by atoms with van der Waals surface area (Å²) in [6.07, 6.45) is 3.97. The minimum Gasteiger partial charge on any atom is -0.435 e. The molecule has 0 N–H and O–H groups in total. The molecule has 0 radical (unpaired) electrons. The number of carbonyl (C=O) groups excluding carboxylic acids is 1. The van der Waals surface area contributed by atoms with E-state index in [1.807, 2.05) is 22.9 Å². The second-order valence-electron chi connectivity index (χ2n) is 6.68. The monoisotopic (exact) mass is 407 g/mol. The van der Waals surface area contributed by atoms with Gasteiger partial charge in [0.15, 0.2) is 0 Å². The first-order valence-electron chi connectivity index (χ1n) is 8.63. The van der Waals surface area contributed by atoms with E-state index >= 15 is 0 Å². The molecular formula is C20H20ClF2N3O2. The van der Waals surface area contributed by atoms with Crippen molar-refractivity contribution in [2.75, 3.05) is 14.1 Å². The molecule has 28 heavy (non-hydrogen) atoms. The van der Waals surface area contributed by atoms with Crippen molar-refractivity contribution in [1.82, 2.24) is 14.5 Å². The third kappa shape index (κ3) is 4.25. The lowest BCUT2D eigenvalue weighted by atomic mass is 10.0.